The first-order valence-corrected chi connectivity index (χ1v) is 15.9. The van der Waals surface area contributed by atoms with Gasteiger partial charge in [-0.1, -0.05) is 0 Å². The van der Waals surface area contributed by atoms with Gasteiger partial charge in [0.25, 0.3) is 0 Å². The van der Waals surface area contributed by atoms with E-state index in [9.17, 15) is 18.9 Å². The first kappa shape index (κ1) is 27.7. The van der Waals surface area contributed by atoms with Crippen LogP contribution in [0.4, 0.5) is 11.6 Å². The normalized spacial score (nSPS) is 36.0. The molecular weight excluding hydrogens is 598 g/mol. The maximum Gasteiger partial charge on any atom is 0.472 e. The number of ether oxygens (including phenoxy) is 1. The Morgan fingerprint density at radius 2 is 1.33 bits per heavy atom. The van der Waals surface area contributed by atoms with Gasteiger partial charge in [0.2, 0.25) is 0 Å². The van der Waals surface area contributed by atoms with Crippen molar-refractivity contribution in [1.82, 2.24) is 39.0 Å². The van der Waals surface area contributed by atoms with Crippen molar-refractivity contribution in [1.29, 1.82) is 0 Å². The molecule has 3 aliphatic rings. The van der Waals surface area contributed by atoms with E-state index in [2.05, 4.69) is 29.9 Å². The molecule has 19 nitrogen and oxygen atoms in total. The Bertz CT molecular complexity index is 1630. The molecule has 2 aliphatic heterocycles. The van der Waals surface area contributed by atoms with Crippen LogP contribution >= 0.6 is 15.6 Å². The second kappa shape index (κ2) is 10.3. The minimum absolute atomic E-state index is 0.0424. The Balaban J connectivity index is 1.12. The van der Waals surface area contributed by atoms with E-state index in [0.29, 0.717) is 28.7 Å². The SMILES string of the molecule is Nc1ncnc2c1ncn2[C@H]1CC2OP(=O)(O)OC[C@H]3O[C@@H](n4cnc5c(N)ncnc54)CC3OP(=O)(O)OC[C@H]2C1. The van der Waals surface area contributed by atoms with Crippen LogP contribution in [0.5, 0.6) is 0 Å². The molecule has 4 unspecified atom stereocenters. The Labute approximate surface area is 236 Å². The second-order valence-corrected chi connectivity index (χ2v) is 13.0. The van der Waals surface area contributed by atoms with Crippen molar-refractivity contribution in [2.75, 3.05) is 24.7 Å². The quantitative estimate of drug-likeness (QED) is 0.227. The van der Waals surface area contributed by atoms with E-state index in [-0.39, 0.29) is 37.1 Å². The van der Waals surface area contributed by atoms with Gasteiger partial charge in [0.1, 0.15) is 42.1 Å². The predicted molar refractivity (Wildman–Crippen MR) is 141 cm³/mol. The molecule has 7 rings (SSSR count). The minimum atomic E-state index is -4.62. The van der Waals surface area contributed by atoms with E-state index in [1.54, 1.807) is 15.5 Å². The molecule has 4 aromatic heterocycles. The van der Waals surface area contributed by atoms with E-state index in [4.69, 9.17) is 34.3 Å². The smallest absolute Gasteiger partial charge is 0.382 e. The van der Waals surface area contributed by atoms with Crippen LogP contribution in [0.1, 0.15) is 31.5 Å². The first-order valence-electron chi connectivity index (χ1n) is 12.9. The molecule has 0 aromatic carbocycles. The fraction of sp³-hybridized carbons (Fsp3) is 0.524. The summed E-state index contributed by atoms with van der Waals surface area (Å²) < 4.78 is 57.3. The molecule has 1 saturated carbocycles. The zero-order valence-electron chi connectivity index (χ0n) is 21.7. The third-order valence-electron chi connectivity index (χ3n) is 7.65. The average molecular weight is 624 g/mol. The molecule has 42 heavy (non-hydrogen) atoms. The monoisotopic (exact) mass is 624 g/mol. The number of phosphoric ester groups is 2. The van der Waals surface area contributed by atoms with Crippen molar-refractivity contribution in [2.45, 2.75) is 49.8 Å². The van der Waals surface area contributed by atoms with E-state index in [1.165, 1.54) is 19.0 Å². The molecule has 0 bridgehead atoms. The number of hydrogen-bond donors (Lipinski definition) is 4. The molecule has 6 heterocycles. The highest BCUT2D eigenvalue weighted by molar-refractivity contribution is 7.47. The molecule has 3 fully saturated rings. The summed E-state index contributed by atoms with van der Waals surface area (Å²) in [5.74, 6) is -0.200. The molecule has 1 aliphatic carbocycles. The third-order valence-corrected chi connectivity index (χ3v) is 9.68. The lowest BCUT2D eigenvalue weighted by Crippen LogP contribution is -2.30. The van der Waals surface area contributed by atoms with Crippen molar-refractivity contribution in [2.24, 2.45) is 5.92 Å². The summed E-state index contributed by atoms with van der Waals surface area (Å²) in [5.41, 5.74) is 13.4. The summed E-state index contributed by atoms with van der Waals surface area (Å²) in [5, 5.41) is 0. The van der Waals surface area contributed by atoms with Crippen LogP contribution in [0.3, 0.4) is 0 Å². The van der Waals surface area contributed by atoms with Crippen LogP contribution in [0.25, 0.3) is 22.3 Å². The summed E-state index contributed by atoms with van der Waals surface area (Å²) in [6, 6.07) is -0.307. The molecule has 8 atom stereocenters. The Kier molecular flexibility index (Phi) is 6.76. The largest absolute Gasteiger partial charge is 0.472 e. The van der Waals surface area contributed by atoms with Crippen LogP contribution in [0.15, 0.2) is 25.3 Å². The highest BCUT2D eigenvalue weighted by Crippen LogP contribution is 2.55. The number of anilines is 2. The highest BCUT2D eigenvalue weighted by Gasteiger charge is 2.47. The molecule has 0 radical (unpaired) electrons. The molecule has 0 amide bonds. The molecular formula is C21H26N10O9P2. The molecule has 0 spiro atoms. The van der Waals surface area contributed by atoms with E-state index >= 15 is 0 Å². The van der Waals surface area contributed by atoms with Gasteiger partial charge in [-0.05, 0) is 12.8 Å². The standard InChI is InChI=1S/C21H26N10O9P2/c22-18-16-20(26-6-24-18)30(8-28-16)11-1-10-4-36-41(32,33)40-13-3-15(31-9-29-17-19(23)25-7-27-21(17)31)38-14(13)5-37-42(34,35)39-12(10)2-11/h6-15H,1-5H2,(H,32,33)(H,34,35)(H2,22,24,26)(H2,23,25,27)/t10-,11-,12?,13?,14-,15-/m1/s1. The summed E-state index contributed by atoms with van der Waals surface area (Å²) in [7, 11) is -9.25. The van der Waals surface area contributed by atoms with Gasteiger partial charge in [0.15, 0.2) is 22.9 Å². The van der Waals surface area contributed by atoms with Gasteiger partial charge in [0.05, 0.1) is 32.0 Å². The predicted octanol–water partition coefficient (Wildman–Crippen LogP) is 1.09. The number of nitrogens with two attached hydrogens (primary N) is 2. The Hall–Kier alpha value is -3.12. The lowest BCUT2D eigenvalue weighted by Gasteiger charge is -2.27. The van der Waals surface area contributed by atoms with Gasteiger partial charge < -0.3 is 30.6 Å². The number of phosphoric acid groups is 2. The topological polar surface area (TPSA) is 260 Å². The lowest BCUT2D eigenvalue weighted by molar-refractivity contribution is -0.0510. The van der Waals surface area contributed by atoms with Crippen LogP contribution in [-0.4, -0.2) is 80.4 Å². The van der Waals surface area contributed by atoms with Crippen LogP contribution < -0.4 is 11.5 Å². The second-order valence-electron chi connectivity index (χ2n) is 10.2. The summed E-state index contributed by atoms with van der Waals surface area (Å²) in [6.45, 7) is -0.787. The van der Waals surface area contributed by atoms with Crippen molar-refractivity contribution in [3.63, 3.8) is 0 Å². The Morgan fingerprint density at radius 1 is 0.738 bits per heavy atom. The van der Waals surface area contributed by atoms with E-state index in [0.717, 1.165) is 0 Å². The molecule has 2 saturated heterocycles. The summed E-state index contributed by atoms with van der Waals surface area (Å²) in [4.78, 5) is 46.1. The number of imidazole rings is 2. The summed E-state index contributed by atoms with van der Waals surface area (Å²) >= 11 is 0. The third kappa shape index (κ3) is 5.06. The zero-order valence-corrected chi connectivity index (χ0v) is 23.5. The number of rotatable bonds is 2. The molecule has 4 aromatic rings. The minimum Gasteiger partial charge on any atom is -0.382 e. The number of aromatic nitrogens is 8. The summed E-state index contributed by atoms with van der Waals surface area (Å²) in [6.07, 6.45) is 2.41. The van der Waals surface area contributed by atoms with Crippen LogP contribution in [0.2, 0.25) is 0 Å². The van der Waals surface area contributed by atoms with Gasteiger partial charge in [-0.25, -0.2) is 39.0 Å². The maximum absolute atomic E-state index is 13.1. The van der Waals surface area contributed by atoms with Crippen LogP contribution in [-0.2, 0) is 32.0 Å². The average Bonchev–Trinajstić information content (AvgIpc) is 3.71. The Morgan fingerprint density at radius 3 is 2.02 bits per heavy atom. The van der Waals surface area contributed by atoms with Gasteiger partial charge in [-0.3, -0.25) is 22.7 Å². The fourth-order valence-electron chi connectivity index (χ4n) is 5.70. The van der Waals surface area contributed by atoms with Gasteiger partial charge in [0, 0.05) is 18.4 Å². The van der Waals surface area contributed by atoms with E-state index < -0.39 is 52.7 Å². The number of nitrogen functional groups attached to an aromatic ring is 2. The van der Waals surface area contributed by atoms with Gasteiger partial charge >= 0.3 is 15.6 Å². The highest BCUT2D eigenvalue weighted by atomic mass is 31.2. The fourth-order valence-corrected chi connectivity index (χ4v) is 7.70. The van der Waals surface area contributed by atoms with Gasteiger partial charge in [-0.2, -0.15) is 0 Å². The zero-order chi connectivity index (χ0) is 29.2. The van der Waals surface area contributed by atoms with Crippen molar-refractivity contribution in [3.8, 4) is 0 Å². The van der Waals surface area contributed by atoms with Crippen molar-refractivity contribution in [3.05, 3.63) is 25.3 Å². The van der Waals surface area contributed by atoms with Crippen LogP contribution in [0, 0.1) is 5.92 Å². The number of fused-ring (bicyclic) bond motifs is 4. The number of hydrogen-bond acceptors (Lipinski definition) is 15. The maximum atomic E-state index is 13.1. The number of nitrogens with zero attached hydrogens (tertiary/aromatic N) is 8. The van der Waals surface area contributed by atoms with Crippen molar-refractivity contribution < 1.29 is 41.7 Å². The van der Waals surface area contributed by atoms with Gasteiger partial charge in [-0.15, -0.1) is 0 Å². The van der Waals surface area contributed by atoms with E-state index in [1.807, 2.05) is 0 Å². The van der Waals surface area contributed by atoms with Crippen molar-refractivity contribution >= 4 is 49.6 Å². The lowest BCUT2D eigenvalue weighted by atomic mass is 10.1. The molecule has 21 heteroatoms. The molecule has 6 N–H and O–H groups in total. The molecule has 224 valence electrons. The first-order chi connectivity index (χ1) is 20.1.